The molecule has 0 radical (unpaired) electrons. The Bertz CT molecular complexity index is 327. The Labute approximate surface area is 93.1 Å². The largest absolute Gasteiger partial charge is 0.0844 e. The highest BCUT2D eigenvalue weighted by Crippen LogP contribution is 2.65. The predicted octanol–water partition coefficient (Wildman–Crippen LogP) is 3.88. The lowest BCUT2D eigenvalue weighted by molar-refractivity contribution is 0.0180. The fraction of sp³-hybridized carbons (Fsp3) is 0.867. The van der Waals surface area contributed by atoms with Gasteiger partial charge in [-0.25, -0.2) is 0 Å². The van der Waals surface area contributed by atoms with Crippen LogP contribution in [0, 0.1) is 41.4 Å². The van der Waals surface area contributed by atoms with E-state index in [4.69, 9.17) is 0 Å². The van der Waals surface area contributed by atoms with Crippen molar-refractivity contribution in [3.8, 4) is 0 Å². The van der Waals surface area contributed by atoms with Gasteiger partial charge in [-0.2, -0.15) is 0 Å². The summed E-state index contributed by atoms with van der Waals surface area (Å²) in [4.78, 5) is 0. The van der Waals surface area contributed by atoms with Crippen LogP contribution in [0.15, 0.2) is 11.6 Å². The Balaban J connectivity index is 1.77. The third-order valence-corrected chi connectivity index (χ3v) is 6.41. The van der Waals surface area contributed by atoms with Crippen molar-refractivity contribution in [1.29, 1.82) is 0 Å². The van der Waals surface area contributed by atoms with Gasteiger partial charge in [0.05, 0.1) is 0 Å². The van der Waals surface area contributed by atoms with Crippen LogP contribution in [0.1, 0.15) is 39.5 Å². The number of hydrogen-bond donors (Lipinski definition) is 0. The first-order valence-corrected chi connectivity index (χ1v) is 6.97. The molecule has 0 bridgehead atoms. The van der Waals surface area contributed by atoms with Gasteiger partial charge in [-0.15, -0.1) is 0 Å². The molecule has 4 aliphatic rings. The highest BCUT2D eigenvalue weighted by molar-refractivity contribution is 5.27. The molecule has 3 saturated carbocycles. The predicted molar refractivity (Wildman–Crippen MR) is 62.3 cm³/mol. The smallest absolute Gasteiger partial charge is 0.0135 e. The van der Waals surface area contributed by atoms with E-state index in [1.165, 1.54) is 12.8 Å². The zero-order valence-electron chi connectivity index (χ0n) is 9.95. The topological polar surface area (TPSA) is 0 Å². The highest BCUT2D eigenvalue weighted by Gasteiger charge is 2.57. The van der Waals surface area contributed by atoms with E-state index in [1.54, 1.807) is 12.8 Å². The minimum Gasteiger partial charge on any atom is -0.0844 e. The summed E-state index contributed by atoms with van der Waals surface area (Å²) in [6.45, 7) is 5.03. The molecule has 3 fully saturated rings. The molecule has 4 rings (SSSR count). The number of allylic oxidation sites excluding steroid dienone is 2. The van der Waals surface area contributed by atoms with Crippen molar-refractivity contribution in [2.75, 3.05) is 0 Å². The van der Waals surface area contributed by atoms with Gasteiger partial charge in [0, 0.05) is 0 Å². The average Bonchev–Trinajstić information content (AvgIpc) is 2.66. The summed E-state index contributed by atoms with van der Waals surface area (Å²) in [5.41, 5.74) is 1.90. The summed E-state index contributed by atoms with van der Waals surface area (Å²) in [6.07, 6.45) is 8.70. The molecule has 7 atom stereocenters. The molecule has 0 heterocycles. The van der Waals surface area contributed by atoms with E-state index in [1.807, 2.05) is 5.57 Å². The SMILES string of the molecule is CC1CC2C3CCC3C(C)C3=CCC1C32. The Kier molecular flexibility index (Phi) is 1.59. The lowest BCUT2D eigenvalue weighted by Crippen LogP contribution is -2.44. The van der Waals surface area contributed by atoms with Crippen LogP contribution in [0.3, 0.4) is 0 Å². The van der Waals surface area contributed by atoms with Gasteiger partial charge in [0.25, 0.3) is 0 Å². The molecule has 0 aromatic carbocycles. The molecular weight excluding hydrogens is 180 g/mol. The second-order valence-electron chi connectivity index (χ2n) is 6.70. The second kappa shape index (κ2) is 2.70. The maximum Gasteiger partial charge on any atom is -0.0135 e. The van der Waals surface area contributed by atoms with Crippen LogP contribution in [0.5, 0.6) is 0 Å². The van der Waals surface area contributed by atoms with E-state index in [-0.39, 0.29) is 0 Å². The lowest BCUT2D eigenvalue weighted by atomic mass is 9.53. The van der Waals surface area contributed by atoms with E-state index in [0.29, 0.717) is 0 Å². The van der Waals surface area contributed by atoms with E-state index in [9.17, 15) is 0 Å². The Hall–Kier alpha value is -0.260. The molecule has 0 amide bonds. The van der Waals surface area contributed by atoms with Gasteiger partial charge in [-0.05, 0) is 67.1 Å². The van der Waals surface area contributed by atoms with E-state index in [0.717, 1.165) is 41.4 Å². The summed E-state index contributed by atoms with van der Waals surface area (Å²) in [7, 11) is 0. The average molecular weight is 202 g/mol. The summed E-state index contributed by atoms with van der Waals surface area (Å²) in [6, 6.07) is 0. The van der Waals surface area contributed by atoms with Crippen molar-refractivity contribution in [1.82, 2.24) is 0 Å². The lowest BCUT2D eigenvalue weighted by Gasteiger charge is -2.52. The van der Waals surface area contributed by atoms with Crippen LogP contribution in [0.2, 0.25) is 0 Å². The first kappa shape index (κ1) is 8.84. The Morgan fingerprint density at radius 1 is 1.00 bits per heavy atom. The van der Waals surface area contributed by atoms with Crippen LogP contribution >= 0.6 is 0 Å². The third-order valence-electron chi connectivity index (χ3n) is 6.41. The van der Waals surface area contributed by atoms with Gasteiger partial charge in [0.1, 0.15) is 0 Å². The minimum absolute atomic E-state index is 0.945. The maximum absolute atomic E-state index is 2.64. The zero-order valence-corrected chi connectivity index (χ0v) is 9.95. The Morgan fingerprint density at radius 3 is 2.53 bits per heavy atom. The van der Waals surface area contributed by atoms with Crippen molar-refractivity contribution in [3.63, 3.8) is 0 Å². The van der Waals surface area contributed by atoms with E-state index in [2.05, 4.69) is 19.9 Å². The fourth-order valence-corrected chi connectivity index (χ4v) is 5.59. The molecule has 0 spiro atoms. The molecule has 4 aliphatic carbocycles. The molecule has 0 aliphatic heterocycles. The van der Waals surface area contributed by atoms with Gasteiger partial charge in [0.15, 0.2) is 0 Å². The molecule has 0 aromatic heterocycles. The van der Waals surface area contributed by atoms with Crippen molar-refractivity contribution in [2.24, 2.45) is 41.4 Å². The van der Waals surface area contributed by atoms with Crippen molar-refractivity contribution >= 4 is 0 Å². The van der Waals surface area contributed by atoms with Crippen LogP contribution < -0.4 is 0 Å². The van der Waals surface area contributed by atoms with Gasteiger partial charge >= 0.3 is 0 Å². The normalized spacial score (nSPS) is 60.7. The van der Waals surface area contributed by atoms with Crippen molar-refractivity contribution in [2.45, 2.75) is 39.5 Å². The van der Waals surface area contributed by atoms with Crippen molar-refractivity contribution in [3.05, 3.63) is 11.6 Å². The molecule has 0 saturated heterocycles. The van der Waals surface area contributed by atoms with Crippen LogP contribution in [-0.2, 0) is 0 Å². The standard InChI is InChI=1S/C15H22/c1-8-7-14-13-6-4-11(13)9(2)12-5-3-10(8)15(12)14/h5,8-11,13-15H,3-4,6-7H2,1-2H3. The first-order chi connectivity index (χ1) is 7.27. The van der Waals surface area contributed by atoms with E-state index >= 15 is 0 Å². The molecule has 7 unspecified atom stereocenters. The van der Waals surface area contributed by atoms with Gasteiger partial charge in [-0.3, -0.25) is 0 Å². The second-order valence-corrected chi connectivity index (χ2v) is 6.70. The van der Waals surface area contributed by atoms with Gasteiger partial charge in [-0.1, -0.05) is 25.5 Å². The molecule has 0 aromatic rings. The summed E-state index contributed by atoms with van der Waals surface area (Å²) in [5.74, 6) is 7.37. The number of hydrogen-bond acceptors (Lipinski definition) is 0. The van der Waals surface area contributed by atoms with Crippen LogP contribution in [0.4, 0.5) is 0 Å². The van der Waals surface area contributed by atoms with E-state index < -0.39 is 0 Å². The maximum atomic E-state index is 2.64. The summed E-state index contributed by atoms with van der Waals surface area (Å²) >= 11 is 0. The molecule has 15 heavy (non-hydrogen) atoms. The monoisotopic (exact) mass is 202 g/mol. The quantitative estimate of drug-likeness (QED) is 0.523. The molecule has 82 valence electrons. The van der Waals surface area contributed by atoms with Gasteiger partial charge < -0.3 is 0 Å². The van der Waals surface area contributed by atoms with Crippen molar-refractivity contribution < 1.29 is 0 Å². The third kappa shape index (κ3) is 0.905. The van der Waals surface area contributed by atoms with Crippen LogP contribution in [0.25, 0.3) is 0 Å². The number of rotatable bonds is 0. The molecular formula is C15H22. The molecule has 0 nitrogen and oxygen atoms in total. The Morgan fingerprint density at radius 2 is 1.80 bits per heavy atom. The first-order valence-electron chi connectivity index (χ1n) is 6.97. The highest BCUT2D eigenvalue weighted by atomic mass is 14.6. The summed E-state index contributed by atoms with van der Waals surface area (Å²) in [5, 5.41) is 0. The molecule has 0 heteroatoms. The summed E-state index contributed by atoms with van der Waals surface area (Å²) < 4.78 is 0. The van der Waals surface area contributed by atoms with Gasteiger partial charge in [0.2, 0.25) is 0 Å². The zero-order chi connectivity index (χ0) is 10.2. The van der Waals surface area contributed by atoms with Crippen LogP contribution in [-0.4, -0.2) is 0 Å². The molecule has 0 N–H and O–H groups in total. The minimum atomic E-state index is 0.945. The fourth-order valence-electron chi connectivity index (χ4n) is 5.59. The number of fused-ring (bicyclic) bond motifs is 2.